The quantitative estimate of drug-likeness (QED) is 0.117. The third-order valence-electron chi connectivity index (χ3n) is 5.56. The van der Waals surface area contributed by atoms with Crippen LogP contribution in [0.1, 0.15) is 0 Å². The minimum Gasteiger partial charge on any atom is -0.369 e. The zero-order chi connectivity index (χ0) is 24.8. The zero-order valence-electron chi connectivity index (χ0n) is 18.8. The second-order valence-electron chi connectivity index (χ2n) is 7.78. The average Bonchev–Trinajstić information content (AvgIpc) is 2.88. The van der Waals surface area contributed by atoms with E-state index in [4.69, 9.17) is 34.0 Å². The largest absolute Gasteiger partial charge is 0.369 e. The average molecular weight is 512 g/mol. The van der Waals surface area contributed by atoms with E-state index in [1.165, 1.54) is 12.1 Å². The molecule has 2 amide bonds. The lowest BCUT2D eigenvalue weighted by Gasteiger charge is -2.27. The molecule has 4 rings (SSSR count). The van der Waals surface area contributed by atoms with Gasteiger partial charge in [-0.2, -0.15) is 0 Å². The van der Waals surface area contributed by atoms with Crippen LogP contribution in [0.2, 0.25) is 0 Å². The van der Waals surface area contributed by atoms with Gasteiger partial charge in [0, 0.05) is 52.7 Å². The zero-order valence-corrected chi connectivity index (χ0v) is 20.3. The van der Waals surface area contributed by atoms with Crippen molar-refractivity contribution in [2.45, 2.75) is 0 Å². The Balaban J connectivity index is 1.98. The fourth-order valence-electron chi connectivity index (χ4n) is 4.02. The molecule has 1 heterocycles. The van der Waals surface area contributed by atoms with Crippen molar-refractivity contribution in [1.82, 2.24) is 10.4 Å². The Hall–Kier alpha value is -3.39. The molecule has 0 aliphatic carbocycles. The number of halogens is 3. The van der Waals surface area contributed by atoms with Crippen LogP contribution in [0.15, 0.2) is 72.8 Å². The fourth-order valence-corrected chi connectivity index (χ4v) is 4.43. The van der Waals surface area contributed by atoms with Crippen molar-refractivity contribution in [3.8, 4) is 22.4 Å². The molecule has 180 valence electrons. The molecule has 0 atom stereocenters. The highest BCUT2D eigenvalue weighted by atomic mass is 35.5. The van der Waals surface area contributed by atoms with Crippen LogP contribution in [0.3, 0.4) is 0 Å². The summed E-state index contributed by atoms with van der Waals surface area (Å²) in [4.78, 5) is 18.8. The molecule has 0 bridgehead atoms. The SMILES string of the molecule is NNC(=O)Nc1ccc(N(CCCl)CCCl)c(-c2cc(-c3cccc(F)c3)nc3ccccc23)c1. The number of rotatable bonds is 8. The second kappa shape index (κ2) is 11.4. The van der Waals surface area contributed by atoms with Crippen LogP contribution < -0.4 is 21.5 Å². The lowest BCUT2D eigenvalue weighted by atomic mass is 9.96. The molecule has 0 aliphatic rings. The van der Waals surface area contributed by atoms with Crippen LogP contribution in [0.4, 0.5) is 20.6 Å². The first-order valence-corrected chi connectivity index (χ1v) is 12.1. The number of pyridine rings is 1. The summed E-state index contributed by atoms with van der Waals surface area (Å²) < 4.78 is 14.0. The van der Waals surface area contributed by atoms with Gasteiger partial charge >= 0.3 is 6.03 Å². The van der Waals surface area contributed by atoms with Crippen molar-refractivity contribution >= 4 is 51.5 Å². The van der Waals surface area contributed by atoms with Crippen LogP contribution in [0.5, 0.6) is 0 Å². The number of alkyl halides is 2. The van der Waals surface area contributed by atoms with Crippen LogP contribution in [-0.4, -0.2) is 35.9 Å². The van der Waals surface area contributed by atoms with E-state index in [2.05, 4.69) is 15.6 Å². The summed E-state index contributed by atoms with van der Waals surface area (Å²) in [5, 5.41) is 3.63. The number of carbonyl (C=O) groups is 1. The summed E-state index contributed by atoms with van der Waals surface area (Å²) in [6.45, 7) is 1.16. The summed E-state index contributed by atoms with van der Waals surface area (Å²) in [6, 6.07) is 21.1. The van der Waals surface area contributed by atoms with Gasteiger partial charge in [-0.05, 0) is 48.0 Å². The van der Waals surface area contributed by atoms with Crippen molar-refractivity contribution in [1.29, 1.82) is 0 Å². The van der Waals surface area contributed by atoms with Gasteiger partial charge in [-0.1, -0.05) is 30.3 Å². The molecule has 1 aromatic heterocycles. The molecule has 0 saturated heterocycles. The molecule has 4 aromatic rings. The van der Waals surface area contributed by atoms with E-state index in [1.54, 1.807) is 12.1 Å². The van der Waals surface area contributed by atoms with E-state index in [-0.39, 0.29) is 5.82 Å². The first kappa shape index (κ1) is 24.7. The molecule has 9 heteroatoms. The van der Waals surface area contributed by atoms with Crippen LogP contribution in [0.25, 0.3) is 33.3 Å². The maximum atomic E-state index is 14.0. The maximum absolute atomic E-state index is 14.0. The Kier molecular flexibility index (Phi) is 8.02. The molecule has 35 heavy (non-hydrogen) atoms. The Bertz CT molecular complexity index is 1340. The lowest BCUT2D eigenvalue weighted by Crippen LogP contribution is -2.34. The number of hydrogen-bond donors (Lipinski definition) is 3. The number of urea groups is 1. The van der Waals surface area contributed by atoms with Crippen LogP contribution in [-0.2, 0) is 0 Å². The predicted molar refractivity (Wildman–Crippen MR) is 143 cm³/mol. The molecule has 6 nitrogen and oxygen atoms in total. The molecule has 0 spiro atoms. The molecule has 0 radical (unpaired) electrons. The van der Waals surface area contributed by atoms with Gasteiger partial charge in [0.05, 0.1) is 11.2 Å². The second-order valence-corrected chi connectivity index (χ2v) is 8.53. The number of hydrogen-bond acceptors (Lipinski definition) is 4. The van der Waals surface area contributed by atoms with E-state index in [0.717, 1.165) is 27.7 Å². The summed E-state index contributed by atoms with van der Waals surface area (Å²) in [6.07, 6.45) is 0. The molecule has 0 unspecified atom stereocenters. The molecule has 0 aliphatic heterocycles. The Morgan fingerprint density at radius 1 is 0.943 bits per heavy atom. The van der Waals surface area contributed by atoms with Gasteiger partial charge in [-0.3, -0.25) is 5.43 Å². The summed E-state index contributed by atoms with van der Waals surface area (Å²) in [7, 11) is 0. The lowest BCUT2D eigenvalue weighted by molar-refractivity contribution is 0.252. The number of nitrogens with one attached hydrogen (secondary N) is 2. The molecule has 0 saturated carbocycles. The van der Waals surface area contributed by atoms with Gasteiger partial charge in [0.2, 0.25) is 0 Å². The van der Waals surface area contributed by atoms with Crippen molar-refractivity contribution in [2.24, 2.45) is 5.84 Å². The normalized spacial score (nSPS) is 10.9. The number of nitrogens with zero attached hydrogens (tertiary/aromatic N) is 2. The number of benzene rings is 3. The number of hydrazine groups is 1. The summed E-state index contributed by atoms with van der Waals surface area (Å²) in [5.74, 6) is 5.75. The van der Waals surface area contributed by atoms with E-state index in [9.17, 15) is 9.18 Å². The molecule has 3 aromatic carbocycles. The molecular formula is C26H24Cl2FN5O. The van der Waals surface area contributed by atoms with Gasteiger partial charge in [0.25, 0.3) is 0 Å². The number of anilines is 2. The number of para-hydroxylation sites is 1. The highest BCUT2D eigenvalue weighted by Gasteiger charge is 2.18. The summed E-state index contributed by atoms with van der Waals surface area (Å²) >= 11 is 12.2. The number of aromatic nitrogens is 1. The van der Waals surface area contributed by atoms with Crippen molar-refractivity contribution in [2.75, 3.05) is 35.1 Å². The van der Waals surface area contributed by atoms with Crippen molar-refractivity contribution in [3.63, 3.8) is 0 Å². The van der Waals surface area contributed by atoms with Gasteiger partial charge in [-0.25, -0.2) is 20.0 Å². The maximum Gasteiger partial charge on any atom is 0.333 e. The van der Waals surface area contributed by atoms with Gasteiger partial charge in [0.15, 0.2) is 0 Å². The molecule has 0 fully saturated rings. The van der Waals surface area contributed by atoms with E-state index >= 15 is 0 Å². The Morgan fingerprint density at radius 2 is 1.71 bits per heavy atom. The standard InChI is InChI=1S/C26H24Cl2FN5O/c27-10-12-34(13-11-28)25-9-8-19(31-26(35)33-30)15-22(25)21-16-24(17-4-3-5-18(29)14-17)32-23-7-2-1-6-20(21)23/h1-9,14-16H,10-13,30H2,(H2,31,33,35). The molecular weight excluding hydrogens is 488 g/mol. The van der Waals surface area contributed by atoms with E-state index in [0.29, 0.717) is 41.8 Å². The van der Waals surface area contributed by atoms with Crippen LogP contribution >= 0.6 is 23.2 Å². The number of carbonyl (C=O) groups excluding carboxylic acids is 1. The highest BCUT2D eigenvalue weighted by molar-refractivity contribution is 6.18. The Morgan fingerprint density at radius 3 is 2.43 bits per heavy atom. The highest BCUT2D eigenvalue weighted by Crippen LogP contribution is 2.39. The summed E-state index contributed by atoms with van der Waals surface area (Å²) in [5.41, 5.74) is 7.28. The van der Waals surface area contributed by atoms with Gasteiger partial charge in [-0.15, -0.1) is 23.2 Å². The van der Waals surface area contributed by atoms with Crippen molar-refractivity contribution < 1.29 is 9.18 Å². The topological polar surface area (TPSA) is 83.3 Å². The van der Waals surface area contributed by atoms with Crippen LogP contribution in [0, 0.1) is 5.82 Å². The smallest absolute Gasteiger partial charge is 0.333 e. The van der Waals surface area contributed by atoms with E-state index in [1.807, 2.05) is 48.5 Å². The first-order chi connectivity index (χ1) is 17.0. The van der Waals surface area contributed by atoms with Crippen molar-refractivity contribution in [3.05, 3.63) is 78.6 Å². The number of nitrogens with two attached hydrogens (primary N) is 1. The van der Waals surface area contributed by atoms with Gasteiger partial charge in [0.1, 0.15) is 5.82 Å². The third-order valence-corrected chi connectivity index (χ3v) is 5.90. The first-order valence-electron chi connectivity index (χ1n) is 11.0. The Labute approximate surface area is 212 Å². The minimum atomic E-state index is -0.540. The number of amides is 2. The van der Waals surface area contributed by atoms with E-state index < -0.39 is 6.03 Å². The third kappa shape index (κ3) is 5.65. The molecule has 4 N–H and O–H groups in total. The number of fused-ring (bicyclic) bond motifs is 1. The van der Waals surface area contributed by atoms with Gasteiger partial charge < -0.3 is 10.2 Å². The fraction of sp³-hybridized carbons (Fsp3) is 0.154. The monoisotopic (exact) mass is 511 g/mol. The predicted octanol–water partition coefficient (Wildman–Crippen LogP) is 5.99. The minimum absolute atomic E-state index is 0.339.